The zero-order valence-electron chi connectivity index (χ0n) is 14.9. The molecule has 0 bridgehead atoms. The lowest BCUT2D eigenvalue weighted by Gasteiger charge is -2.26. The van der Waals surface area contributed by atoms with E-state index in [-0.39, 0.29) is 0 Å². The van der Waals surface area contributed by atoms with Crippen molar-refractivity contribution in [2.75, 3.05) is 6.61 Å². The molecule has 1 aliphatic carbocycles. The summed E-state index contributed by atoms with van der Waals surface area (Å²) >= 11 is 0. The first-order valence-corrected chi connectivity index (χ1v) is 9.30. The van der Waals surface area contributed by atoms with E-state index in [1.54, 1.807) is 0 Å². The van der Waals surface area contributed by atoms with Gasteiger partial charge in [0.15, 0.2) is 0 Å². The van der Waals surface area contributed by atoms with Crippen molar-refractivity contribution in [2.24, 2.45) is 11.8 Å². The summed E-state index contributed by atoms with van der Waals surface area (Å²) in [7, 11) is 0. The third-order valence-electron chi connectivity index (χ3n) is 5.16. The molecule has 1 aromatic carbocycles. The molecule has 0 saturated heterocycles. The quantitative estimate of drug-likeness (QED) is 0.723. The molecule has 0 unspecified atom stereocenters. The fourth-order valence-electron chi connectivity index (χ4n) is 3.53. The van der Waals surface area contributed by atoms with Gasteiger partial charge in [-0.3, -0.25) is 0 Å². The third-order valence-corrected chi connectivity index (χ3v) is 5.16. The molecule has 0 radical (unpaired) electrons. The van der Waals surface area contributed by atoms with E-state index >= 15 is 0 Å². The van der Waals surface area contributed by atoms with E-state index in [1.807, 2.05) is 19.1 Å². The first-order chi connectivity index (χ1) is 11.7. The van der Waals surface area contributed by atoms with Crippen LogP contribution >= 0.6 is 0 Å². The highest BCUT2D eigenvalue weighted by Gasteiger charge is 2.17. The summed E-state index contributed by atoms with van der Waals surface area (Å²) in [6.07, 6.45) is 8.19. The van der Waals surface area contributed by atoms with Crippen molar-refractivity contribution >= 4 is 0 Å². The summed E-state index contributed by atoms with van der Waals surface area (Å²) in [6.45, 7) is 4.95. The standard InChI is InChI=1S/C21H28N2O/c1-3-24-21-15-14-20(22-23-21)19-12-10-18(11-13-19)9-8-17-6-4-16(2)5-7-17/h10-17H,3-9H2,1-2H3. The molecule has 1 aromatic heterocycles. The average molecular weight is 324 g/mol. The second-order valence-corrected chi connectivity index (χ2v) is 7.05. The number of ether oxygens (including phenoxy) is 1. The lowest BCUT2D eigenvalue weighted by atomic mass is 9.80. The molecular formula is C21H28N2O. The molecule has 0 N–H and O–H groups in total. The second-order valence-electron chi connectivity index (χ2n) is 7.05. The molecule has 3 heteroatoms. The molecule has 128 valence electrons. The molecule has 0 spiro atoms. The lowest BCUT2D eigenvalue weighted by molar-refractivity contribution is 0.278. The Labute approximate surface area is 145 Å². The Hall–Kier alpha value is -1.90. The minimum absolute atomic E-state index is 0.583. The lowest BCUT2D eigenvalue weighted by Crippen LogP contribution is -2.12. The fraction of sp³-hybridized carbons (Fsp3) is 0.524. The van der Waals surface area contributed by atoms with Crippen molar-refractivity contribution in [1.29, 1.82) is 0 Å². The Balaban J connectivity index is 1.55. The normalized spacial score (nSPS) is 20.8. The van der Waals surface area contributed by atoms with Crippen LogP contribution in [0.25, 0.3) is 11.3 Å². The maximum absolute atomic E-state index is 5.34. The van der Waals surface area contributed by atoms with E-state index < -0.39 is 0 Å². The van der Waals surface area contributed by atoms with E-state index in [9.17, 15) is 0 Å². The second kappa shape index (κ2) is 8.27. The molecule has 24 heavy (non-hydrogen) atoms. The van der Waals surface area contributed by atoms with Crippen LogP contribution < -0.4 is 4.74 Å². The molecule has 0 amide bonds. The molecule has 1 aliphatic rings. The van der Waals surface area contributed by atoms with Gasteiger partial charge in [-0.1, -0.05) is 56.9 Å². The Kier molecular flexibility index (Phi) is 5.84. The molecule has 0 aliphatic heterocycles. The van der Waals surface area contributed by atoms with Gasteiger partial charge in [0.2, 0.25) is 5.88 Å². The van der Waals surface area contributed by atoms with Crippen LogP contribution in [0, 0.1) is 11.8 Å². The van der Waals surface area contributed by atoms with Gasteiger partial charge in [-0.05, 0) is 43.2 Å². The Morgan fingerprint density at radius 2 is 1.71 bits per heavy atom. The summed E-state index contributed by atoms with van der Waals surface area (Å²) in [6, 6.07) is 12.6. The average Bonchev–Trinajstić information content (AvgIpc) is 2.63. The molecule has 3 rings (SSSR count). The number of hydrogen-bond donors (Lipinski definition) is 0. The maximum atomic E-state index is 5.34. The van der Waals surface area contributed by atoms with Crippen molar-refractivity contribution in [3.63, 3.8) is 0 Å². The van der Waals surface area contributed by atoms with Gasteiger partial charge in [0.25, 0.3) is 0 Å². The highest BCUT2D eigenvalue weighted by Crippen LogP contribution is 2.31. The van der Waals surface area contributed by atoms with Crippen LogP contribution in [0.3, 0.4) is 0 Å². The molecule has 1 heterocycles. The predicted molar refractivity (Wildman–Crippen MR) is 98.1 cm³/mol. The summed E-state index contributed by atoms with van der Waals surface area (Å²) in [5.74, 6) is 2.45. The third kappa shape index (κ3) is 4.56. The Morgan fingerprint density at radius 1 is 0.958 bits per heavy atom. The first kappa shape index (κ1) is 16.9. The molecule has 1 saturated carbocycles. The van der Waals surface area contributed by atoms with Gasteiger partial charge in [0.1, 0.15) is 0 Å². The van der Waals surface area contributed by atoms with E-state index in [1.165, 1.54) is 44.1 Å². The maximum Gasteiger partial charge on any atom is 0.233 e. The van der Waals surface area contributed by atoms with E-state index in [0.717, 1.165) is 23.1 Å². The predicted octanol–water partition coefficient (Wildman–Crippen LogP) is 5.30. The Bertz CT molecular complexity index is 613. The van der Waals surface area contributed by atoms with Gasteiger partial charge in [0.05, 0.1) is 12.3 Å². The molecule has 2 aromatic rings. The summed E-state index contributed by atoms with van der Waals surface area (Å²) in [5, 5.41) is 8.35. The number of nitrogens with zero attached hydrogens (tertiary/aromatic N) is 2. The monoisotopic (exact) mass is 324 g/mol. The van der Waals surface area contributed by atoms with Crippen molar-refractivity contribution in [1.82, 2.24) is 10.2 Å². The fourth-order valence-corrected chi connectivity index (χ4v) is 3.53. The van der Waals surface area contributed by atoms with Crippen LogP contribution in [0.5, 0.6) is 5.88 Å². The number of aromatic nitrogens is 2. The molecule has 3 nitrogen and oxygen atoms in total. The smallest absolute Gasteiger partial charge is 0.233 e. The molecular weight excluding hydrogens is 296 g/mol. The minimum atomic E-state index is 0.583. The summed E-state index contributed by atoms with van der Waals surface area (Å²) in [4.78, 5) is 0. The van der Waals surface area contributed by atoms with Crippen LogP contribution in [0.4, 0.5) is 0 Å². The largest absolute Gasteiger partial charge is 0.477 e. The zero-order chi connectivity index (χ0) is 16.8. The summed E-state index contributed by atoms with van der Waals surface area (Å²) < 4.78 is 5.34. The van der Waals surface area contributed by atoms with Gasteiger partial charge in [-0.15, -0.1) is 10.2 Å². The van der Waals surface area contributed by atoms with Gasteiger partial charge in [0, 0.05) is 11.6 Å². The number of aryl methyl sites for hydroxylation is 1. The number of benzene rings is 1. The van der Waals surface area contributed by atoms with E-state index in [2.05, 4.69) is 41.4 Å². The molecule has 1 fully saturated rings. The van der Waals surface area contributed by atoms with Crippen molar-refractivity contribution in [2.45, 2.75) is 52.4 Å². The van der Waals surface area contributed by atoms with Crippen molar-refractivity contribution in [3.05, 3.63) is 42.0 Å². The summed E-state index contributed by atoms with van der Waals surface area (Å²) in [5.41, 5.74) is 3.43. The molecule has 0 atom stereocenters. The number of hydrogen-bond acceptors (Lipinski definition) is 3. The van der Waals surface area contributed by atoms with Crippen LogP contribution in [-0.2, 0) is 6.42 Å². The van der Waals surface area contributed by atoms with Gasteiger partial charge >= 0.3 is 0 Å². The minimum Gasteiger partial charge on any atom is -0.477 e. The van der Waals surface area contributed by atoms with Gasteiger partial charge in [-0.2, -0.15) is 0 Å². The highest BCUT2D eigenvalue weighted by atomic mass is 16.5. The van der Waals surface area contributed by atoms with Crippen LogP contribution in [0.2, 0.25) is 0 Å². The SMILES string of the molecule is CCOc1ccc(-c2ccc(CCC3CCC(C)CC3)cc2)nn1. The van der Waals surface area contributed by atoms with Crippen LogP contribution in [-0.4, -0.2) is 16.8 Å². The van der Waals surface area contributed by atoms with Crippen LogP contribution in [0.1, 0.15) is 51.5 Å². The van der Waals surface area contributed by atoms with Gasteiger partial charge < -0.3 is 4.74 Å². The zero-order valence-corrected chi connectivity index (χ0v) is 14.9. The van der Waals surface area contributed by atoms with Crippen molar-refractivity contribution < 1.29 is 4.74 Å². The van der Waals surface area contributed by atoms with Gasteiger partial charge in [-0.25, -0.2) is 0 Å². The van der Waals surface area contributed by atoms with Crippen molar-refractivity contribution in [3.8, 4) is 17.1 Å². The number of rotatable bonds is 6. The van der Waals surface area contributed by atoms with Crippen LogP contribution in [0.15, 0.2) is 36.4 Å². The highest BCUT2D eigenvalue weighted by molar-refractivity contribution is 5.58. The topological polar surface area (TPSA) is 35.0 Å². The Morgan fingerprint density at radius 3 is 2.33 bits per heavy atom. The van der Waals surface area contributed by atoms with E-state index in [4.69, 9.17) is 4.74 Å². The first-order valence-electron chi connectivity index (χ1n) is 9.30. The van der Waals surface area contributed by atoms with E-state index in [0.29, 0.717) is 12.5 Å².